The summed E-state index contributed by atoms with van der Waals surface area (Å²) in [7, 11) is 0. The minimum absolute atomic E-state index is 0.914. The van der Waals surface area contributed by atoms with Crippen LogP contribution in [-0.4, -0.2) is 10.2 Å². The van der Waals surface area contributed by atoms with E-state index in [1.807, 2.05) is 6.07 Å². The summed E-state index contributed by atoms with van der Waals surface area (Å²) in [6.07, 6.45) is 0. The SMILES string of the molecule is Cc1cc(C)c(-c2ccc(SCc3ccccc3)nn2)cc1C. The van der Waals surface area contributed by atoms with E-state index in [0.29, 0.717) is 0 Å². The average molecular weight is 320 g/mol. The zero-order valence-electron chi connectivity index (χ0n) is 13.7. The molecule has 116 valence electrons. The lowest BCUT2D eigenvalue weighted by molar-refractivity contribution is 0.934. The first-order valence-electron chi connectivity index (χ1n) is 7.72. The summed E-state index contributed by atoms with van der Waals surface area (Å²) in [5.74, 6) is 0.914. The maximum atomic E-state index is 4.42. The molecular formula is C20H20N2S. The molecule has 0 aliphatic rings. The third-order valence-corrected chi connectivity index (χ3v) is 4.98. The fraction of sp³-hybridized carbons (Fsp3) is 0.200. The number of nitrogens with zero attached hydrogens (tertiary/aromatic N) is 2. The Labute approximate surface area is 142 Å². The van der Waals surface area contributed by atoms with Crippen LogP contribution in [0.15, 0.2) is 59.6 Å². The van der Waals surface area contributed by atoms with Crippen molar-refractivity contribution in [1.29, 1.82) is 0 Å². The average Bonchev–Trinajstić information content (AvgIpc) is 2.58. The summed E-state index contributed by atoms with van der Waals surface area (Å²) in [5.41, 5.74) is 7.25. The van der Waals surface area contributed by atoms with E-state index in [1.54, 1.807) is 11.8 Å². The van der Waals surface area contributed by atoms with Crippen LogP contribution in [0, 0.1) is 20.8 Å². The Hall–Kier alpha value is -2.13. The lowest BCUT2D eigenvalue weighted by atomic mass is 9.99. The number of aryl methyl sites for hydroxylation is 3. The summed E-state index contributed by atoms with van der Waals surface area (Å²) in [6, 6.07) is 19.0. The van der Waals surface area contributed by atoms with Crippen molar-refractivity contribution in [3.63, 3.8) is 0 Å². The molecule has 0 saturated carbocycles. The molecule has 0 N–H and O–H groups in total. The molecule has 23 heavy (non-hydrogen) atoms. The highest BCUT2D eigenvalue weighted by Gasteiger charge is 2.07. The molecule has 1 heterocycles. The molecule has 0 atom stereocenters. The van der Waals surface area contributed by atoms with Crippen molar-refractivity contribution in [2.24, 2.45) is 0 Å². The van der Waals surface area contributed by atoms with E-state index in [1.165, 1.54) is 27.8 Å². The largest absolute Gasteiger partial charge is 0.149 e. The van der Waals surface area contributed by atoms with Gasteiger partial charge in [-0.05, 0) is 61.2 Å². The lowest BCUT2D eigenvalue weighted by Gasteiger charge is -2.09. The Morgan fingerprint density at radius 1 is 0.783 bits per heavy atom. The third kappa shape index (κ3) is 3.80. The Bertz CT molecular complexity index is 796. The molecule has 0 unspecified atom stereocenters. The molecule has 0 bridgehead atoms. The van der Waals surface area contributed by atoms with E-state index in [9.17, 15) is 0 Å². The van der Waals surface area contributed by atoms with E-state index in [-0.39, 0.29) is 0 Å². The van der Waals surface area contributed by atoms with Crippen molar-refractivity contribution in [3.8, 4) is 11.3 Å². The topological polar surface area (TPSA) is 25.8 Å². The van der Waals surface area contributed by atoms with E-state index in [2.05, 4.69) is 79.5 Å². The van der Waals surface area contributed by atoms with Gasteiger partial charge in [-0.25, -0.2) is 0 Å². The quantitative estimate of drug-likeness (QED) is 0.605. The van der Waals surface area contributed by atoms with Gasteiger partial charge in [0.15, 0.2) is 0 Å². The highest BCUT2D eigenvalue weighted by molar-refractivity contribution is 7.98. The van der Waals surface area contributed by atoms with Crippen LogP contribution in [0.1, 0.15) is 22.3 Å². The van der Waals surface area contributed by atoms with Crippen LogP contribution in [0.3, 0.4) is 0 Å². The van der Waals surface area contributed by atoms with Crippen LogP contribution in [0.25, 0.3) is 11.3 Å². The van der Waals surface area contributed by atoms with Gasteiger partial charge in [-0.15, -0.1) is 10.2 Å². The predicted octanol–water partition coefficient (Wildman–Crippen LogP) is 5.36. The fourth-order valence-electron chi connectivity index (χ4n) is 2.51. The summed E-state index contributed by atoms with van der Waals surface area (Å²) in [5, 5.41) is 9.76. The van der Waals surface area contributed by atoms with Gasteiger partial charge in [-0.1, -0.05) is 48.2 Å². The molecule has 0 fully saturated rings. The van der Waals surface area contributed by atoms with Crippen molar-refractivity contribution in [2.75, 3.05) is 0 Å². The van der Waals surface area contributed by atoms with Crippen molar-refractivity contribution in [2.45, 2.75) is 31.6 Å². The molecule has 0 radical (unpaired) electrons. The van der Waals surface area contributed by atoms with E-state index in [0.717, 1.165) is 16.5 Å². The minimum atomic E-state index is 0.914. The fourth-order valence-corrected chi connectivity index (χ4v) is 3.28. The second-order valence-corrected chi connectivity index (χ2v) is 6.78. The number of hydrogen-bond acceptors (Lipinski definition) is 3. The number of aromatic nitrogens is 2. The van der Waals surface area contributed by atoms with E-state index >= 15 is 0 Å². The van der Waals surface area contributed by atoms with Gasteiger partial charge in [0.2, 0.25) is 0 Å². The van der Waals surface area contributed by atoms with Crippen LogP contribution in [0.4, 0.5) is 0 Å². The van der Waals surface area contributed by atoms with Gasteiger partial charge in [0.05, 0.1) is 5.69 Å². The normalized spacial score (nSPS) is 10.7. The molecular weight excluding hydrogens is 300 g/mol. The first-order valence-corrected chi connectivity index (χ1v) is 8.71. The van der Waals surface area contributed by atoms with Gasteiger partial charge in [-0.3, -0.25) is 0 Å². The van der Waals surface area contributed by atoms with E-state index in [4.69, 9.17) is 0 Å². The Kier molecular flexibility index (Phi) is 4.77. The molecule has 2 nitrogen and oxygen atoms in total. The lowest BCUT2D eigenvalue weighted by Crippen LogP contribution is -1.94. The zero-order chi connectivity index (χ0) is 16.2. The van der Waals surface area contributed by atoms with Gasteiger partial charge in [-0.2, -0.15) is 0 Å². The van der Waals surface area contributed by atoms with Crippen LogP contribution in [0.2, 0.25) is 0 Å². The summed E-state index contributed by atoms with van der Waals surface area (Å²) < 4.78 is 0. The van der Waals surface area contributed by atoms with Crippen molar-refractivity contribution >= 4 is 11.8 Å². The van der Waals surface area contributed by atoms with Crippen molar-refractivity contribution < 1.29 is 0 Å². The summed E-state index contributed by atoms with van der Waals surface area (Å²) in [4.78, 5) is 0. The Balaban J connectivity index is 1.76. The number of thioether (sulfide) groups is 1. The third-order valence-electron chi connectivity index (χ3n) is 3.99. The maximum absolute atomic E-state index is 4.42. The summed E-state index contributed by atoms with van der Waals surface area (Å²) in [6.45, 7) is 6.40. The monoisotopic (exact) mass is 320 g/mol. The standard InChI is InChI=1S/C20H20N2S/c1-14-11-16(3)18(12-15(14)2)19-9-10-20(22-21-19)23-13-17-7-5-4-6-8-17/h4-12H,13H2,1-3H3. The second-order valence-electron chi connectivity index (χ2n) is 5.78. The number of rotatable bonds is 4. The molecule has 0 spiro atoms. The number of benzene rings is 2. The van der Waals surface area contributed by atoms with Crippen molar-refractivity contribution in [3.05, 3.63) is 76.9 Å². The summed E-state index contributed by atoms with van der Waals surface area (Å²) >= 11 is 1.71. The Morgan fingerprint density at radius 2 is 1.52 bits per heavy atom. The molecule has 0 aliphatic carbocycles. The first kappa shape index (κ1) is 15.8. The highest BCUT2D eigenvalue weighted by atomic mass is 32.2. The minimum Gasteiger partial charge on any atom is -0.149 e. The Morgan fingerprint density at radius 3 is 2.22 bits per heavy atom. The molecule has 3 aromatic rings. The first-order chi connectivity index (χ1) is 11.1. The molecule has 0 aliphatic heterocycles. The van der Waals surface area contributed by atoms with Crippen LogP contribution in [-0.2, 0) is 5.75 Å². The van der Waals surface area contributed by atoms with Crippen molar-refractivity contribution in [1.82, 2.24) is 10.2 Å². The van der Waals surface area contributed by atoms with Gasteiger partial charge in [0, 0.05) is 11.3 Å². The zero-order valence-corrected chi connectivity index (χ0v) is 14.5. The highest BCUT2D eigenvalue weighted by Crippen LogP contribution is 2.26. The van der Waals surface area contributed by atoms with Gasteiger partial charge >= 0.3 is 0 Å². The van der Waals surface area contributed by atoms with Crippen LogP contribution >= 0.6 is 11.8 Å². The van der Waals surface area contributed by atoms with Gasteiger partial charge < -0.3 is 0 Å². The van der Waals surface area contributed by atoms with Gasteiger partial charge in [0.25, 0.3) is 0 Å². The second kappa shape index (κ2) is 6.97. The molecule has 2 aromatic carbocycles. The predicted molar refractivity (Wildman–Crippen MR) is 97.7 cm³/mol. The van der Waals surface area contributed by atoms with Crippen LogP contribution in [0.5, 0.6) is 0 Å². The van der Waals surface area contributed by atoms with Crippen LogP contribution < -0.4 is 0 Å². The molecule has 0 amide bonds. The smallest absolute Gasteiger partial charge is 0.119 e. The molecule has 3 heteroatoms. The molecule has 1 aromatic heterocycles. The maximum Gasteiger partial charge on any atom is 0.119 e. The molecule has 3 rings (SSSR count). The van der Waals surface area contributed by atoms with E-state index < -0.39 is 0 Å². The van der Waals surface area contributed by atoms with Gasteiger partial charge in [0.1, 0.15) is 5.03 Å². The number of hydrogen-bond donors (Lipinski definition) is 0. The molecule has 0 saturated heterocycles.